The summed E-state index contributed by atoms with van der Waals surface area (Å²) in [7, 11) is 0. The first-order valence-electron chi connectivity index (χ1n) is 5.91. The van der Waals surface area contributed by atoms with Crippen LogP contribution in [0.2, 0.25) is 0 Å². The normalized spacial score (nSPS) is 12.9. The van der Waals surface area contributed by atoms with E-state index in [4.69, 9.17) is 4.74 Å². The van der Waals surface area contributed by atoms with Crippen molar-refractivity contribution in [3.05, 3.63) is 63.4 Å². The molecule has 0 fully saturated rings. The summed E-state index contributed by atoms with van der Waals surface area (Å²) in [6.45, 7) is 0.587. The number of hydrogen-bond acceptors (Lipinski definition) is 2. The number of hydrogen-bond donors (Lipinski definition) is 0. The fraction of sp³-hybridized carbons (Fsp3) is 0.133. The number of carbonyl (C=O) groups excluding carboxylic acids is 1. The van der Waals surface area contributed by atoms with Crippen LogP contribution in [0.5, 0.6) is 5.75 Å². The zero-order chi connectivity index (χ0) is 13.4. The second-order valence-electron chi connectivity index (χ2n) is 4.35. The number of halogens is 2. The summed E-state index contributed by atoms with van der Waals surface area (Å²) in [5.41, 5.74) is 1.82. The van der Waals surface area contributed by atoms with E-state index in [1.54, 1.807) is 6.07 Å². The van der Waals surface area contributed by atoms with Gasteiger partial charge < -0.3 is 4.74 Å². The molecule has 0 N–H and O–H groups in total. The largest absolute Gasteiger partial charge is 0.492 e. The fourth-order valence-electron chi connectivity index (χ4n) is 2.21. The standard InChI is InChI=1S/C15H10BrFO2/c16-13-5-4-10(17)8-12(13)14(18)11-3-1-2-9-6-7-19-15(9)11/h1-5,8H,6-7H2. The van der Waals surface area contributed by atoms with Gasteiger partial charge in [-0.25, -0.2) is 4.39 Å². The highest BCUT2D eigenvalue weighted by atomic mass is 79.9. The third-order valence-corrected chi connectivity index (χ3v) is 3.82. The minimum atomic E-state index is -0.431. The van der Waals surface area contributed by atoms with E-state index in [0.717, 1.165) is 12.0 Å². The van der Waals surface area contributed by atoms with Crippen LogP contribution >= 0.6 is 15.9 Å². The third kappa shape index (κ3) is 2.16. The smallest absolute Gasteiger partial charge is 0.198 e. The first-order chi connectivity index (χ1) is 9.16. The Kier molecular flexibility index (Phi) is 3.11. The molecule has 0 amide bonds. The maximum atomic E-state index is 13.3. The van der Waals surface area contributed by atoms with E-state index in [9.17, 15) is 9.18 Å². The van der Waals surface area contributed by atoms with Crippen LogP contribution in [0.25, 0.3) is 0 Å². The predicted molar refractivity (Wildman–Crippen MR) is 73.2 cm³/mol. The van der Waals surface area contributed by atoms with E-state index in [0.29, 0.717) is 28.0 Å². The van der Waals surface area contributed by atoms with E-state index < -0.39 is 5.82 Å². The number of ether oxygens (including phenoxy) is 1. The molecule has 3 rings (SSSR count). The average molecular weight is 321 g/mol. The Morgan fingerprint density at radius 1 is 1.21 bits per heavy atom. The van der Waals surface area contributed by atoms with Gasteiger partial charge in [-0.2, -0.15) is 0 Å². The molecule has 0 atom stereocenters. The lowest BCUT2D eigenvalue weighted by Crippen LogP contribution is -2.05. The SMILES string of the molecule is O=C(c1cc(F)ccc1Br)c1cccc2c1OCC2. The van der Waals surface area contributed by atoms with E-state index in [2.05, 4.69) is 15.9 Å². The van der Waals surface area contributed by atoms with Crippen LogP contribution in [0.4, 0.5) is 4.39 Å². The van der Waals surface area contributed by atoms with Crippen molar-refractivity contribution in [1.29, 1.82) is 0 Å². The third-order valence-electron chi connectivity index (χ3n) is 3.13. The molecule has 0 saturated heterocycles. The van der Waals surface area contributed by atoms with Gasteiger partial charge in [0.05, 0.1) is 12.2 Å². The van der Waals surface area contributed by atoms with Crippen LogP contribution in [-0.2, 0) is 6.42 Å². The first-order valence-corrected chi connectivity index (χ1v) is 6.70. The Morgan fingerprint density at radius 2 is 2.05 bits per heavy atom. The molecule has 2 nitrogen and oxygen atoms in total. The molecule has 0 aromatic heterocycles. The summed E-state index contributed by atoms with van der Waals surface area (Å²) in [5, 5.41) is 0. The molecule has 2 aromatic carbocycles. The lowest BCUT2D eigenvalue weighted by atomic mass is 10.00. The van der Waals surface area contributed by atoms with Crippen LogP contribution in [0.1, 0.15) is 21.5 Å². The molecule has 0 spiro atoms. The van der Waals surface area contributed by atoms with Gasteiger partial charge in [0.1, 0.15) is 11.6 Å². The molecule has 0 saturated carbocycles. The maximum absolute atomic E-state index is 13.3. The number of carbonyl (C=O) groups is 1. The second kappa shape index (κ2) is 4.78. The van der Waals surface area contributed by atoms with Crippen molar-refractivity contribution in [2.24, 2.45) is 0 Å². The summed E-state index contributed by atoms with van der Waals surface area (Å²) in [6, 6.07) is 9.57. The van der Waals surface area contributed by atoms with Gasteiger partial charge >= 0.3 is 0 Å². The Bertz CT molecular complexity index is 667. The number of fused-ring (bicyclic) bond motifs is 1. The summed E-state index contributed by atoms with van der Waals surface area (Å²) in [6.07, 6.45) is 0.806. The van der Waals surface area contributed by atoms with Crippen LogP contribution in [0.15, 0.2) is 40.9 Å². The van der Waals surface area contributed by atoms with Gasteiger partial charge in [0.2, 0.25) is 0 Å². The van der Waals surface area contributed by atoms with Gasteiger partial charge in [0.25, 0.3) is 0 Å². The molecule has 2 aromatic rings. The quantitative estimate of drug-likeness (QED) is 0.788. The van der Waals surface area contributed by atoms with Crippen molar-refractivity contribution in [3.8, 4) is 5.75 Å². The molecule has 1 aliphatic rings. The molecule has 96 valence electrons. The highest BCUT2D eigenvalue weighted by Gasteiger charge is 2.22. The lowest BCUT2D eigenvalue weighted by Gasteiger charge is -2.08. The number of benzene rings is 2. The second-order valence-corrected chi connectivity index (χ2v) is 5.20. The minimum Gasteiger partial charge on any atom is -0.492 e. The Morgan fingerprint density at radius 3 is 2.89 bits per heavy atom. The molecule has 0 unspecified atom stereocenters. The van der Waals surface area contributed by atoms with Gasteiger partial charge in [-0.15, -0.1) is 0 Å². The summed E-state index contributed by atoms with van der Waals surface area (Å²) in [4.78, 5) is 12.5. The highest BCUT2D eigenvalue weighted by molar-refractivity contribution is 9.10. The number of ketones is 1. The number of para-hydroxylation sites is 1. The maximum Gasteiger partial charge on any atom is 0.198 e. The predicted octanol–water partition coefficient (Wildman–Crippen LogP) is 3.75. The fourth-order valence-corrected chi connectivity index (χ4v) is 2.64. The van der Waals surface area contributed by atoms with Crippen molar-refractivity contribution >= 4 is 21.7 Å². The van der Waals surface area contributed by atoms with Crippen molar-refractivity contribution in [3.63, 3.8) is 0 Å². The Labute approximate surface area is 118 Å². The molecular formula is C15H10BrFO2. The Balaban J connectivity index is 2.10. The molecule has 4 heteroatoms. The van der Waals surface area contributed by atoms with Gasteiger partial charge in [-0.3, -0.25) is 4.79 Å². The van der Waals surface area contributed by atoms with Crippen molar-refractivity contribution in [2.45, 2.75) is 6.42 Å². The van der Waals surface area contributed by atoms with Gasteiger partial charge in [0, 0.05) is 16.5 Å². The molecular weight excluding hydrogens is 311 g/mol. The lowest BCUT2D eigenvalue weighted by molar-refractivity contribution is 0.103. The zero-order valence-corrected chi connectivity index (χ0v) is 11.5. The van der Waals surface area contributed by atoms with Crippen molar-refractivity contribution in [1.82, 2.24) is 0 Å². The average Bonchev–Trinajstić information content (AvgIpc) is 2.89. The Hall–Kier alpha value is -1.68. The topological polar surface area (TPSA) is 26.3 Å². The minimum absolute atomic E-state index is 0.231. The van der Waals surface area contributed by atoms with Crippen LogP contribution in [0.3, 0.4) is 0 Å². The van der Waals surface area contributed by atoms with Crippen molar-refractivity contribution in [2.75, 3.05) is 6.61 Å². The molecule has 0 radical (unpaired) electrons. The first kappa shape index (κ1) is 12.4. The summed E-state index contributed by atoms with van der Waals surface area (Å²) < 4.78 is 19.4. The van der Waals surface area contributed by atoms with E-state index in [1.165, 1.54) is 18.2 Å². The molecule has 1 aliphatic heterocycles. The summed E-state index contributed by atoms with van der Waals surface area (Å²) in [5.74, 6) is -0.0335. The van der Waals surface area contributed by atoms with Gasteiger partial charge in [-0.1, -0.05) is 28.1 Å². The molecule has 19 heavy (non-hydrogen) atoms. The highest BCUT2D eigenvalue weighted by Crippen LogP contribution is 2.32. The van der Waals surface area contributed by atoms with Gasteiger partial charge in [0.15, 0.2) is 5.78 Å². The van der Waals surface area contributed by atoms with E-state index in [1.807, 2.05) is 12.1 Å². The molecule has 0 aliphatic carbocycles. The van der Waals surface area contributed by atoms with Crippen LogP contribution in [-0.4, -0.2) is 12.4 Å². The summed E-state index contributed by atoms with van der Waals surface area (Å²) >= 11 is 3.28. The van der Waals surface area contributed by atoms with Crippen molar-refractivity contribution < 1.29 is 13.9 Å². The van der Waals surface area contributed by atoms with Crippen LogP contribution < -0.4 is 4.74 Å². The monoisotopic (exact) mass is 320 g/mol. The van der Waals surface area contributed by atoms with E-state index in [-0.39, 0.29) is 5.78 Å². The number of rotatable bonds is 2. The molecule has 1 heterocycles. The zero-order valence-electron chi connectivity index (χ0n) is 9.95. The molecule has 0 bridgehead atoms. The van der Waals surface area contributed by atoms with Gasteiger partial charge in [-0.05, 0) is 29.8 Å². The van der Waals surface area contributed by atoms with E-state index >= 15 is 0 Å². The van der Waals surface area contributed by atoms with Crippen LogP contribution in [0, 0.1) is 5.82 Å².